The van der Waals surface area contributed by atoms with Gasteiger partial charge in [-0.1, -0.05) is 18.2 Å². The highest BCUT2D eigenvalue weighted by Crippen LogP contribution is 2.26. The van der Waals surface area contributed by atoms with Crippen LogP contribution in [0.1, 0.15) is 18.1 Å². The molecule has 2 N–H and O–H groups in total. The van der Waals surface area contributed by atoms with Crippen molar-refractivity contribution < 1.29 is 19.8 Å². The zero-order chi connectivity index (χ0) is 13.9. The first-order chi connectivity index (χ1) is 8.40. The first-order valence-corrected chi connectivity index (χ1v) is 5.62. The SMILES string of the molecule is Cc1cccc(C)c1N(C(=O)CO)[C@@H](C)C(=O)O. The van der Waals surface area contributed by atoms with Gasteiger partial charge >= 0.3 is 5.97 Å². The fraction of sp³-hybridized carbons (Fsp3) is 0.385. The van der Waals surface area contributed by atoms with Gasteiger partial charge in [-0.2, -0.15) is 0 Å². The number of amides is 1. The van der Waals surface area contributed by atoms with E-state index in [1.54, 1.807) is 26.0 Å². The predicted molar refractivity (Wildman–Crippen MR) is 67.6 cm³/mol. The molecular formula is C13H17NO4. The molecule has 0 saturated heterocycles. The molecule has 0 fully saturated rings. The molecule has 18 heavy (non-hydrogen) atoms. The van der Waals surface area contributed by atoms with Crippen molar-refractivity contribution in [3.05, 3.63) is 29.3 Å². The Morgan fingerprint density at radius 1 is 1.28 bits per heavy atom. The highest BCUT2D eigenvalue weighted by molar-refractivity contribution is 6.00. The van der Waals surface area contributed by atoms with Crippen molar-refractivity contribution in [1.82, 2.24) is 0 Å². The van der Waals surface area contributed by atoms with Crippen LogP contribution in [0.5, 0.6) is 0 Å². The van der Waals surface area contributed by atoms with Gasteiger partial charge in [0.2, 0.25) is 0 Å². The molecule has 0 bridgehead atoms. The molecule has 1 amide bonds. The minimum atomic E-state index is -1.11. The Morgan fingerprint density at radius 3 is 2.17 bits per heavy atom. The maximum atomic E-state index is 11.8. The van der Waals surface area contributed by atoms with Crippen molar-refractivity contribution >= 4 is 17.6 Å². The number of aliphatic hydroxyl groups excluding tert-OH is 1. The van der Waals surface area contributed by atoms with Crippen LogP contribution in [0, 0.1) is 13.8 Å². The van der Waals surface area contributed by atoms with Gasteiger partial charge in [-0.15, -0.1) is 0 Å². The lowest BCUT2D eigenvalue weighted by Gasteiger charge is -2.29. The van der Waals surface area contributed by atoms with E-state index in [-0.39, 0.29) is 0 Å². The largest absolute Gasteiger partial charge is 0.480 e. The molecule has 1 aromatic carbocycles. The summed E-state index contributed by atoms with van der Waals surface area (Å²) < 4.78 is 0. The summed E-state index contributed by atoms with van der Waals surface area (Å²) in [6.07, 6.45) is 0. The second-order valence-corrected chi connectivity index (χ2v) is 4.18. The maximum Gasteiger partial charge on any atom is 0.326 e. The van der Waals surface area contributed by atoms with Crippen molar-refractivity contribution in [2.45, 2.75) is 26.8 Å². The summed E-state index contributed by atoms with van der Waals surface area (Å²) in [5, 5.41) is 18.1. The van der Waals surface area contributed by atoms with Crippen molar-refractivity contribution in [3.8, 4) is 0 Å². The molecule has 0 spiro atoms. The number of aliphatic hydroxyl groups is 1. The Hall–Kier alpha value is -1.88. The molecule has 1 atom stereocenters. The van der Waals surface area contributed by atoms with Crippen LogP contribution in [0.3, 0.4) is 0 Å². The Labute approximate surface area is 106 Å². The van der Waals surface area contributed by atoms with Crippen LogP contribution in [0.4, 0.5) is 5.69 Å². The number of carbonyl (C=O) groups excluding carboxylic acids is 1. The number of aryl methyl sites for hydroxylation is 2. The Kier molecular flexibility index (Phi) is 4.44. The third kappa shape index (κ3) is 2.68. The van der Waals surface area contributed by atoms with E-state index in [0.29, 0.717) is 5.69 Å². The molecule has 0 aromatic heterocycles. The molecule has 5 nitrogen and oxygen atoms in total. The molecule has 98 valence electrons. The maximum absolute atomic E-state index is 11.8. The average molecular weight is 251 g/mol. The van der Waals surface area contributed by atoms with Crippen molar-refractivity contribution in [2.24, 2.45) is 0 Å². The van der Waals surface area contributed by atoms with E-state index >= 15 is 0 Å². The number of carboxylic acid groups (broad SMARTS) is 1. The number of aliphatic carboxylic acids is 1. The smallest absolute Gasteiger partial charge is 0.326 e. The van der Waals surface area contributed by atoms with Crippen LogP contribution in [0.15, 0.2) is 18.2 Å². The molecule has 0 aliphatic carbocycles. The lowest BCUT2D eigenvalue weighted by molar-refractivity contribution is -0.140. The zero-order valence-corrected chi connectivity index (χ0v) is 10.7. The first-order valence-electron chi connectivity index (χ1n) is 5.62. The van der Waals surface area contributed by atoms with E-state index in [1.807, 2.05) is 6.07 Å². The minimum Gasteiger partial charge on any atom is -0.480 e. The van der Waals surface area contributed by atoms with E-state index < -0.39 is 24.5 Å². The predicted octanol–water partition coefficient (Wildman–Crippen LogP) is 1.10. The quantitative estimate of drug-likeness (QED) is 0.840. The molecule has 1 aromatic rings. The fourth-order valence-electron chi connectivity index (χ4n) is 1.91. The van der Waals surface area contributed by atoms with Crippen LogP contribution in [0.25, 0.3) is 0 Å². The molecule has 0 saturated carbocycles. The molecule has 0 radical (unpaired) electrons. The highest BCUT2D eigenvalue weighted by Gasteiger charge is 2.28. The van der Waals surface area contributed by atoms with Gasteiger partial charge in [0.1, 0.15) is 12.6 Å². The lowest BCUT2D eigenvalue weighted by atomic mass is 10.1. The fourth-order valence-corrected chi connectivity index (χ4v) is 1.91. The van der Waals surface area contributed by atoms with Crippen LogP contribution in [0.2, 0.25) is 0 Å². The van der Waals surface area contributed by atoms with Gasteiger partial charge in [0, 0.05) is 0 Å². The number of hydrogen-bond donors (Lipinski definition) is 2. The summed E-state index contributed by atoms with van der Waals surface area (Å²) >= 11 is 0. The summed E-state index contributed by atoms with van der Waals surface area (Å²) in [6, 6.07) is 4.41. The van der Waals surface area contributed by atoms with E-state index in [9.17, 15) is 9.59 Å². The van der Waals surface area contributed by atoms with Crippen LogP contribution in [-0.4, -0.2) is 34.7 Å². The number of carbonyl (C=O) groups is 2. The Morgan fingerprint density at radius 2 is 1.78 bits per heavy atom. The van der Waals surface area contributed by atoms with Crippen molar-refractivity contribution in [3.63, 3.8) is 0 Å². The molecule has 0 aliphatic rings. The van der Waals surface area contributed by atoms with Crippen LogP contribution in [-0.2, 0) is 9.59 Å². The molecule has 0 unspecified atom stereocenters. The van der Waals surface area contributed by atoms with Gasteiger partial charge in [-0.3, -0.25) is 9.69 Å². The van der Waals surface area contributed by atoms with E-state index in [4.69, 9.17) is 10.2 Å². The Balaban J connectivity index is 3.35. The summed E-state index contributed by atoms with van der Waals surface area (Å²) in [4.78, 5) is 24.0. The van der Waals surface area contributed by atoms with Crippen LogP contribution < -0.4 is 4.90 Å². The molecule has 0 aliphatic heterocycles. The van der Waals surface area contributed by atoms with Gasteiger partial charge in [0.15, 0.2) is 0 Å². The highest BCUT2D eigenvalue weighted by atomic mass is 16.4. The van der Waals surface area contributed by atoms with Gasteiger partial charge in [-0.25, -0.2) is 4.79 Å². The van der Waals surface area contributed by atoms with Gasteiger partial charge < -0.3 is 10.2 Å². The summed E-state index contributed by atoms with van der Waals surface area (Å²) in [7, 11) is 0. The summed E-state index contributed by atoms with van der Waals surface area (Å²) in [5.41, 5.74) is 2.14. The molecule has 5 heteroatoms. The zero-order valence-electron chi connectivity index (χ0n) is 10.7. The van der Waals surface area contributed by atoms with E-state index in [1.165, 1.54) is 6.92 Å². The second kappa shape index (κ2) is 5.64. The summed E-state index contributed by atoms with van der Waals surface area (Å²) in [6.45, 7) is 4.30. The average Bonchev–Trinajstić information content (AvgIpc) is 2.32. The molecule has 1 rings (SSSR count). The normalized spacial score (nSPS) is 12.0. The van der Waals surface area contributed by atoms with E-state index in [0.717, 1.165) is 16.0 Å². The number of hydrogen-bond acceptors (Lipinski definition) is 3. The number of nitrogens with zero attached hydrogens (tertiary/aromatic N) is 1. The number of carboxylic acids is 1. The third-order valence-corrected chi connectivity index (χ3v) is 2.83. The van der Waals surface area contributed by atoms with Crippen molar-refractivity contribution in [1.29, 1.82) is 0 Å². The lowest BCUT2D eigenvalue weighted by Crippen LogP contribution is -2.45. The topological polar surface area (TPSA) is 77.8 Å². The third-order valence-electron chi connectivity index (χ3n) is 2.83. The minimum absolute atomic E-state index is 0.548. The number of para-hydroxylation sites is 1. The van der Waals surface area contributed by atoms with Crippen molar-refractivity contribution in [2.75, 3.05) is 11.5 Å². The monoisotopic (exact) mass is 251 g/mol. The number of benzene rings is 1. The standard InChI is InChI=1S/C13H17NO4/c1-8-5-4-6-9(2)12(8)14(11(16)7-15)10(3)13(17)18/h4-6,10,15H,7H2,1-3H3,(H,17,18)/t10-/m0/s1. The van der Waals surface area contributed by atoms with E-state index in [2.05, 4.69) is 0 Å². The molecule has 0 heterocycles. The van der Waals surface area contributed by atoms with Gasteiger partial charge in [-0.05, 0) is 31.9 Å². The Bertz CT molecular complexity index is 450. The first kappa shape index (κ1) is 14.2. The summed E-state index contributed by atoms with van der Waals surface area (Å²) in [5.74, 6) is -1.73. The van der Waals surface area contributed by atoms with Gasteiger partial charge in [0.25, 0.3) is 5.91 Å². The number of anilines is 1. The van der Waals surface area contributed by atoms with Gasteiger partial charge in [0.05, 0.1) is 5.69 Å². The van der Waals surface area contributed by atoms with Crippen LogP contribution >= 0.6 is 0 Å². The second-order valence-electron chi connectivity index (χ2n) is 4.18. The number of rotatable bonds is 4. The molecular weight excluding hydrogens is 234 g/mol.